The van der Waals surface area contributed by atoms with E-state index in [0.717, 1.165) is 0 Å². The second-order valence-electron chi connectivity index (χ2n) is 3.62. The molecular formula is C13H12O2S2. The first kappa shape index (κ1) is 12.2. The zero-order chi connectivity index (χ0) is 12.3. The number of thiophene rings is 1. The molecule has 0 saturated heterocycles. The van der Waals surface area contributed by atoms with E-state index in [4.69, 9.17) is 0 Å². The minimum absolute atomic E-state index is 0.319. The minimum Gasteiger partial charge on any atom is -0.465 e. The first-order valence-electron chi connectivity index (χ1n) is 5.13. The zero-order valence-corrected chi connectivity index (χ0v) is 11.1. The van der Waals surface area contributed by atoms with Crippen molar-refractivity contribution in [3.05, 3.63) is 51.7 Å². The fourth-order valence-corrected chi connectivity index (χ4v) is 2.64. The Morgan fingerprint density at radius 1 is 1.35 bits per heavy atom. The highest BCUT2D eigenvalue weighted by molar-refractivity contribution is 7.80. The molecule has 2 bridgehead atoms. The predicted molar refractivity (Wildman–Crippen MR) is 72.2 cm³/mol. The molecule has 4 heteroatoms. The molecule has 2 aliphatic rings. The lowest BCUT2D eigenvalue weighted by Crippen LogP contribution is -1.98. The number of methoxy groups -OCH3 is 1. The van der Waals surface area contributed by atoms with Crippen LogP contribution < -0.4 is 0 Å². The van der Waals surface area contributed by atoms with Crippen LogP contribution in [0, 0.1) is 0 Å². The Labute approximate surface area is 110 Å². The summed E-state index contributed by atoms with van der Waals surface area (Å²) < 4.78 is 4.50. The molecule has 0 fully saturated rings. The molecule has 2 aromatic rings. The second-order valence-corrected chi connectivity index (χ2v) is 5.02. The van der Waals surface area contributed by atoms with Crippen molar-refractivity contribution in [2.45, 2.75) is 11.3 Å². The van der Waals surface area contributed by atoms with E-state index in [9.17, 15) is 4.79 Å². The summed E-state index contributed by atoms with van der Waals surface area (Å²) in [7, 11) is 1.36. The topological polar surface area (TPSA) is 26.3 Å². The second kappa shape index (κ2) is 5.38. The molecule has 2 aliphatic carbocycles. The molecule has 1 aromatic heterocycles. The van der Waals surface area contributed by atoms with Gasteiger partial charge in [0.2, 0.25) is 0 Å². The summed E-state index contributed by atoms with van der Waals surface area (Å²) in [5.74, 6) is -0.319. The van der Waals surface area contributed by atoms with Crippen molar-refractivity contribution in [2.24, 2.45) is 0 Å². The third-order valence-electron chi connectivity index (χ3n) is 2.41. The van der Waals surface area contributed by atoms with Crippen LogP contribution in [-0.2, 0) is 11.2 Å². The van der Waals surface area contributed by atoms with E-state index in [1.807, 2.05) is 0 Å². The fraction of sp³-hybridized carbons (Fsp3) is 0.154. The normalized spacial score (nSPS) is 10.9. The largest absolute Gasteiger partial charge is 0.465 e. The fourth-order valence-electron chi connectivity index (χ4n) is 1.50. The number of rotatable bonds is 1. The van der Waals surface area contributed by atoms with Crippen LogP contribution in [0.5, 0.6) is 0 Å². The summed E-state index contributed by atoms with van der Waals surface area (Å²) in [5.41, 5.74) is 2.97. The van der Waals surface area contributed by atoms with E-state index in [0.29, 0.717) is 9.77 Å². The van der Waals surface area contributed by atoms with Gasteiger partial charge in [-0.25, -0.2) is 4.79 Å². The number of thiol groups is 1. The number of hydrogen-bond donors (Lipinski definition) is 1. The van der Waals surface area contributed by atoms with Crippen molar-refractivity contribution in [1.82, 2.24) is 0 Å². The maximum absolute atomic E-state index is 10.8. The van der Waals surface area contributed by atoms with Gasteiger partial charge in [-0.3, -0.25) is 0 Å². The van der Waals surface area contributed by atoms with E-state index in [-0.39, 0.29) is 5.97 Å². The lowest BCUT2D eigenvalue weighted by molar-refractivity contribution is 0.0603. The highest BCUT2D eigenvalue weighted by Gasteiger charge is 2.09. The summed E-state index contributed by atoms with van der Waals surface area (Å²) in [4.78, 5) is 12.1. The lowest BCUT2D eigenvalue weighted by atomic mass is 9.94. The number of hydrogen-bond acceptors (Lipinski definition) is 4. The first-order chi connectivity index (χ1) is 8.20. The molecule has 1 heterocycles. The molecule has 0 radical (unpaired) electrons. The maximum Gasteiger partial charge on any atom is 0.349 e. The van der Waals surface area contributed by atoms with Gasteiger partial charge in [-0.05, 0) is 29.0 Å². The number of carbonyl (C=O) groups excluding carboxylic acids is 1. The van der Waals surface area contributed by atoms with Crippen LogP contribution in [0.15, 0.2) is 40.6 Å². The van der Waals surface area contributed by atoms with Crippen LogP contribution in [0.1, 0.15) is 20.8 Å². The molecule has 0 amide bonds. The molecule has 0 atom stereocenters. The predicted octanol–water partition coefficient (Wildman–Crippen LogP) is 3.41. The van der Waals surface area contributed by atoms with Crippen LogP contribution >= 0.6 is 24.0 Å². The number of fused-ring (bicyclic) bond motifs is 2. The molecule has 0 N–H and O–H groups in total. The summed E-state index contributed by atoms with van der Waals surface area (Å²) in [6.45, 7) is 0. The number of carbonyl (C=O) groups is 1. The molecule has 17 heavy (non-hydrogen) atoms. The van der Waals surface area contributed by atoms with Crippen LogP contribution in [0.3, 0.4) is 0 Å². The molecular weight excluding hydrogens is 252 g/mol. The number of ether oxygens (including phenoxy) is 1. The Balaban J connectivity index is 0.000000134. The smallest absolute Gasteiger partial charge is 0.349 e. The quantitative estimate of drug-likeness (QED) is 0.538. The number of esters is 1. The first-order valence-corrected chi connectivity index (χ1v) is 6.46. The Hall–Kier alpha value is -1.26. The van der Waals surface area contributed by atoms with E-state index in [2.05, 4.69) is 41.6 Å². The molecule has 0 spiro atoms. The summed E-state index contributed by atoms with van der Waals surface area (Å²) in [5, 5.41) is 1.80. The minimum atomic E-state index is -0.319. The summed E-state index contributed by atoms with van der Waals surface area (Å²) in [6, 6.07) is 10.4. The summed E-state index contributed by atoms with van der Waals surface area (Å²) in [6.07, 6.45) is 1.22. The Kier molecular flexibility index (Phi) is 3.86. The van der Waals surface area contributed by atoms with E-state index >= 15 is 0 Å². The van der Waals surface area contributed by atoms with Gasteiger partial charge in [0.05, 0.1) is 7.11 Å². The van der Waals surface area contributed by atoms with Crippen molar-refractivity contribution in [3.63, 3.8) is 0 Å². The van der Waals surface area contributed by atoms with Crippen LogP contribution in [0.4, 0.5) is 0 Å². The SMILES string of the molecule is COC(=O)c1sccc1S.c1cc2cc(c1)C2. The van der Waals surface area contributed by atoms with Gasteiger partial charge in [-0.2, -0.15) is 0 Å². The van der Waals surface area contributed by atoms with Gasteiger partial charge in [-0.1, -0.05) is 24.3 Å². The number of benzene rings is 1. The van der Waals surface area contributed by atoms with Gasteiger partial charge in [0.25, 0.3) is 0 Å². The highest BCUT2D eigenvalue weighted by Crippen LogP contribution is 2.20. The van der Waals surface area contributed by atoms with Gasteiger partial charge in [0.15, 0.2) is 0 Å². The zero-order valence-electron chi connectivity index (χ0n) is 9.34. The molecule has 88 valence electrons. The van der Waals surface area contributed by atoms with E-state index in [1.165, 1.54) is 36.0 Å². The van der Waals surface area contributed by atoms with Crippen molar-refractivity contribution >= 4 is 29.9 Å². The molecule has 1 aromatic carbocycles. The lowest BCUT2D eigenvalue weighted by Gasteiger charge is -2.11. The van der Waals surface area contributed by atoms with Crippen LogP contribution in [0.25, 0.3) is 0 Å². The van der Waals surface area contributed by atoms with Crippen LogP contribution in [0.2, 0.25) is 0 Å². The maximum atomic E-state index is 10.8. The van der Waals surface area contributed by atoms with E-state index in [1.54, 1.807) is 11.4 Å². The molecule has 4 rings (SSSR count). The van der Waals surface area contributed by atoms with Gasteiger partial charge in [0.1, 0.15) is 4.88 Å². The molecule has 0 aliphatic heterocycles. The Morgan fingerprint density at radius 2 is 2.00 bits per heavy atom. The van der Waals surface area contributed by atoms with Gasteiger partial charge < -0.3 is 4.74 Å². The average Bonchev–Trinajstić information content (AvgIpc) is 2.75. The van der Waals surface area contributed by atoms with Crippen molar-refractivity contribution < 1.29 is 9.53 Å². The van der Waals surface area contributed by atoms with Gasteiger partial charge in [-0.15, -0.1) is 24.0 Å². The monoisotopic (exact) mass is 264 g/mol. The van der Waals surface area contributed by atoms with E-state index < -0.39 is 0 Å². The third-order valence-corrected chi connectivity index (χ3v) is 3.83. The van der Waals surface area contributed by atoms with Gasteiger partial charge in [0, 0.05) is 4.90 Å². The highest BCUT2D eigenvalue weighted by atomic mass is 32.1. The standard InChI is InChI=1S/C7H6.C6H6O2S2/c1-2-6-4-7(3-1)5-6;1-8-6(7)5-4(9)2-3-10-5/h1-4H,5H2;2-3,9H,1H3. The van der Waals surface area contributed by atoms with Crippen molar-refractivity contribution in [2.75, 3.05) is 7.11 Å². The van der Waals surface area contributed by atoms with Gasteiger partial charge >= 0.3 is 5.97 Å². The molecule has 0 saturated carbocycles. The Bertz CT molecular complexity index is 507. The van der Waals surface area contributed by atoms with Crippen LogP contribution in [-0.4, -0.2) is 13.1 Å². The Morgan fingerprint density at radius 3 is 2.29 bits per heavy atom. The molecule has 2 nitrogen and oxygen atoms in total. The third kappa shape index (κ3) is 2.90. The van der Waals surface area contributed by atoms with Crippen molar-refractivity contribution in [1.29, 1.82) is 0 Å². The summed E-state index contributed by atoms with van der Waals surface area (Å²) >= 11 is 5.38. The molecule has 0 unspecified atom stereocenters. The van der Waals surface area contributed by atoms with Crippen molar-refractivity contribution in [3.8, 4) is 0 Å². The average molecular weight is 264 g/mol.